The second-order valence-corrected chi connectivity index (χ2v) is 7.11. The number of aryl methyl sites for hydroxylation is 1. The van der Waals surface area contributed by atoms with E-state index in [1.165, 1.54) is 30.9 Å². The number of hydrogen-bond donors (Lipinski definition) is 0. The summed E-state index contributed by atoms with van der Waals surface area (Å²) in [5.74, 6) is 1.96. The van der Waals surface area contributed by atoms with E-state index in [4.69, 9.17) is 0 Å². The molecule has 0 N–H and O–H groups in total. The second-order valence-electron chi connectivity index (χ2n) is 7.11. The molecule has 0 amide bonds. The zero-order valence-electron chi connectivity index (χ0n) is 15.1. The molecule has 0 bridgehead atoms. The van der Waals surface area contributed by atoms with Crippen LogP contribution >= 0.6 is 0 Å². The SMILES string of the molecule is CCCn1ccnc1CN(C)C[C@@H]1CCN(Cc2ccccc2)C1. The van der Waals surface area contributed by atoms with Crippen molar-refractivity contribution in [2.75, 3.05) is 26.7 Å². The predicted molar refractivity (Wildman–Crippen MR) is 98.7 cm³/mol. The van der Waals surface area contributed by atoms with E-state index in [0.29, 0.717) is 0 Å². The van der Waals surface area contributed by atoms with Crippen LogP contribution in [0.2, 0.25) is 0 Å². The number of hydrogen-bond acceptors (Lipinski definition) is 3. The zero-order valence-corrected chi connectivity index (χ0v) is 15.1. The first-order valence-corrected chi connectivity index (χ1v) is 9.19. The number of benzene rings is 1. The molecule has 0 saturated carbocycles. The lowest BCUT2D eigenvalue weighted by atomic mass is 10.1. The number of rotatable bonds is 8. The zero-order chi connectivity index (χ0) is 16.8. The Kier molecular flexibility index (Phi) is 6.05. The topological polar surface area (TPSA) is 24.3 Å². The lowest BCUT2D eigenvalue weighted by molar-refractivity contribution is 0.248. The minimum atomic E-state index is 0.772. The Morgan fingerprint density at radius 2 is 2.08 bits per heavy atom. The number of aromatic nitrogens is 2. The smallest absolute Gasteiger partial charge is 0.122 e. The standard InChI is InChI=1S/C20H30N4/c1-3-11-24-13-10-21-20(24)17-22(2)14-19-9-12-23(16-19)15-18-7-5-4-6-8-18/h4-8,10,13,19H,3,9,11-12,14-17H2,1-2H3/t19-/m0/s1. The van der Waals surface area contributed by atoms with Gasteiger partial charge >= 0.3 is 0 Å². The summed E-state index contributed by atoms with van der Waals surface area (Å²) < 4.78 is 2.28. The Morgan fingerprint density at radius 3 is 2.88 bits per heavy atom. The van der Waals surface area contributed by atoms with E-state index in [-0.39, 0.29) is 0 Å². The van der Waals surface area contributed by atoms with Crippen LogP contribution < -0.4 is 0 Å². The molecule has 4 heteroatoms. The molecule has 24 heavy (non-hydrogen) atoms. The van der Waals surface area contributed by atoms with Gasteiger partial charge < -0.3 is 4.57 Å². The van der Waals surface area contributed by atoms with Gasteiger partial charge in [0, 0.05) is 38.6 Å². The van der Waals surface area contributed by atoms with Crippen molar-refractivity contribution >= 4 is 0 Å². The molecule has 130 valence electrons. The highest BCUT2D eigenvalue weighted by Crippen LogP contribution is 2.20. The van der Waals surface area contributed by atoms with E-state index in [9.17, 15) is 0 Å². The molecule has 0 aliphatic carbocycles. The van der Waals surface area contributed by atoms with Crippen molar-refractivity contribution in [3.63, 3.8) is 0 Å². The summed E-state index contributed by atoms with van der Waals surface area (Å²) in [5, 5.41) is 0. The molecular formula is C20H30N4. The van der Waals surface area contributed by atoms with Crippen molar-refractivity contribution < 1.29 is 0 Å². The molecule has 2 aromatic rings. The van der Waals surface area contributed by atoms with Crippen molar-refractivity contribution in [3.8, 4) is 0 Å². The monoisotopic (exact) mass is 326 g/mol. The third-order valence-corrected chi connectivity index (χ3v) is 4.87. The first-order chi connectivity index (χ1) is 11.7. The minimum Gasteiger partial charge on any atom is -0.334 e. The quantitative estimate of drug-likeness (QED) is 0.744. The van der Waals surface area contributed by atoms with Crippen LogP contribution in [0.5, 0.6) is 0 Å². The van der Waals surface area contributed by atoms with E-state index < -0.39 is 0 Å². The summed E-state index contributed by atoms with van der Waals surface area (Å²) in [6, 6.07) is 10.8. The van der Waals surface area contributed by atoms with Gasteiger partial charge in [0.05, 0.1) is 6.54 Å². The Hall–Kier alpha value is -1.65. The molecule has 0 radical (unpaired) electrons. The van der Waals surface area contributed by atoms with Crippen molar-refractivity contribution in [2.45, 2.75) is 39.4 Å². The molecule has 1 aliphatic heterocycles. The maximum Gasteiger partial charge on any atom is 0.122 e. The summed E-state index contributed by atoms with van der Waals surface area (Å²) in [6.07, 6.45) is 6.49. The highest BCUT2D eigenvalue weighted by molar-refractivity contribution is 5.14. The third-order valence-electron chi connectivity index (χ3n) is 4.87. The third kappa shape index (κ3) is 4.68. The van der Waals surface area contributed by atoms with Gasteiger partial charge in [-0.05, 0) is 37.9 Å². The van der Waals surface area contributed by atoms with Crippen molar-refractivity contribution in [1.82, 2.24) is 19.4 Å². The largest absolute Gasteiger partial charge is 0.334 e. The highest BCUT2D eigenvalue weighted by atomic mass is 15.2. The van der Waals surface area contributed by atoms with Gasteiger partial charge in [-0.2, -0.15) is 0 Å². The van der Waals surface area contributed by atoms with Crippen LogP contribution in [0.3, 0.4) is 0 Å². The number of nitrogens with zero attached hydrogens (tertiary/aromatic N) is 4. The van der Waals surface area contributed by atoms with Gasteiger partial charge in [-0.25, -0.2) is 4.98 Å². The lowest BCUT2D eigenvalue weighted by Crippen LogP contribution is -2.29. The molecule has 1 atom stereocenters. The Labute approximate surface area is 146 Å². The van der Waals surface area contributed by atoms with Crippen molar-refractivity contribution in [2.24, 2.45) is 5.92 Å². The number of imidazole rings is 1. The predicted octanol–water partition coefficient (Wildman–Crippen LogP) is 3.25. The molecule has 3 rings (SSSR count). The van der Waals surface area contributed by atoms with Gasteiger partial charge in [0.1, 0.15) is 5.82 Å². The molecule has 0 spiro atoms. The van der Waals surface area contributed by atoms with Crippen LogP contribution in [0.4, 0.5) is 0 Å². The summed E-state index contributed by atoms with van der Waals surface area (Å²) in [5.41, 5.74) is 1.42. The van der Waals surface area contributed by atoms with Gasteiger partial charge in [-0.1, -0.05) is 37.3 Å². The molecule has 1 aliphatic rings. The molecule has 0 unspecified atom stereocenters. The highest BCUT2D eigenvalue weighted by Gasteiger charge is 2.23. The fraction of sp³-hybridized carbons (Fsp3) is 0.550. The molecule has 1 aromatic carbocycles. The molecule has 1 saturated heterocycles. The van der Waals surface area contributed by atoms with Crippen LogP contribution in [0.15, 0.2) is 42.7 Å². The molecular weight excluding hydrogens is 296 g/mol. The average Bonchev–Trinajstić information content (AvgIpc) is 3.19. The number of likely N-dealkylation sites (tertiary alicyclic amines) is 1. The summed E-state index contributed by atoms with van der Waals surface area (Å²) >= 11 is 0. The van der Waals surface area contributed by atoms with Gasteiger partial charge in [0.25, 0.3) is 0 Å². The summed E-state index contributed by atoms with van der Waals surface area (Å²) in [4.78, 5) is 9.56. The molecule has 2 heterocycles. The average molecular weight is 326 g/mol. The Bertz CT molecular complexity index is 607. The maximum absolute atomic E-state index is 4.53. The van der Waals surface area contributed by atoms with Gasteiger partial charge in [-0.15, -0.1) is 0 Å². The molecule has 1 fully saturated rings. The van der Waals surface area contributed by atoms with Gasteiger partial charge in [-0.3, -0.25) is 9.80 Å². The van der Waals surface area contributed by atoms with E-state index in [1.54, 1.807) is 0 Å². The van der Waals surface area contributed by atoms with E-state index >= 15 is 0 Å². The summed E-state index contributed by atoms with van der Waals surface area (Å²) in [6.45, 7) is 8.90. The lowest BCUT2D eigenvalue weighted by Gasteiger charge is -2.22. The van der Waals surface area contributed by atoms with E-state index in [1.807, 2.05) is 6.20 Å². The van der Waals surface area contributed by atoms with Gasteiger partial charge in [0.2, 0.25) is 0 Å². The fourth-order valence-electron chi connectivity index (χ4n) is 3.73. The van der Waals surface area contributed by atoms with Crippen LogP contribution in [0.25, 0.3) is 0 Å². The molecule has 1 aromatic heterocycles. The normalized spacial score (nSPS) is 18.5. The Balaban J connectivity index is 1.45. The van der Waals surface area contributed by atoms with Gasteiger partial charge in [0.15, 0.2) is 0 Å². The van der Waals surface area contributed by atoms with Crippen LogP contribution in [0.1, 0.15) is 31.2 Å². The fourth-order valence-corrected chi connectivity index (χ4v) is 3.73. The maximum atomic E-state index is 4.53. The van der Waals surface area contributed by atoms with E-state index in [2.05, 4.69) is 69.9 Å². The van der Waals surface area contributed by atoms with Crippen LogP contribution in [-0.4, -0.2) is 46.0 Å². The summed E-state index contributed by atoms with van der Waals surface area (Å²) in [7, 11) is 2.23. The van der Waals surface area contributed by atoms with Crippen LogP contribution in [-0.2, 0) is 19.6 Å². The van der Waals surface area contributed by atoms with E-state index in [0.717, 1.165) is 38.5 Å². The van der Waals surface area contributed by atoms with Crippen molar-refractivity contribution in [3.05, 3.63) is 54.1 Å². The first-order valence-electron chi connectivity index (χ1n) is 9.19. The first kappa shape index (κ1) is 17.2. The van der Waals surface area contributed by atoms with Crippen LogP contribution in [0, 0.1) is 5.92 Å². The Morgan fingerprint density at radius 1 is 1.25 bits per heavy atom. The molecule has 4 nitrogen and oxygen atoms in total. The van der Waals surface area contributed by atoms with Crippen molar-refractivity contribution in [1.29, 1.82) is 0 Å². The second kappa shape index (κ2) is 8.45. The minimum absolute atomic E-state index is 0.772.